The fourth-order valence-electron chi connectivity index (χ4n) is 3.64. The molecule has 0 saturated heterocycles. The monoisotopic (exact) mass is 397 g/mol. The number of rotatable bonds is 4. The van der Waals surface area contributed by atoms with Gasteiger partial charge < -0.3 is 15.4 Å². The lowest BCUT2D eigenvalue weighted by molar-refractivity contribution is -0.121. The number of benzene rings is 2. The molecule has 2 aromatic carbocycles. The van der Waals surface area contributed by atoms with E-state index in [-0.39, 0.29) is 18.0 Å². The summed E-state index contributed by atoms with van der Waals surface area (Å²) in [5, 5.41) is 11.2. The Balaban J connectivity index is 1.75. The molecular weight excluding hydrogens is 378 g/mol. The molecule has 0 aliphatic carbocycles. The van der Waals surface area contributed by atoms with Crippen LogP contribution in [0.1, 0.15) is 18.5 Å². The molecule has 1 aliphatic rings. The molecule has 8 heteroatoms. The van der Waals surface area contributed by atoms with Crippen LogP contribution in [0.4, 0.5) is 11.6 Å². The highest BCUT2D eigenvalue weighted by Crippen LogP contribution is 2.40. The lowest BCUT2D eigenvalue weighted by Gasteiger charge is -2.37. The number of nitrogens with one attached hydrogen (secondary N) is 2. The van der Waals surface area contributed by atoms with E-state index < -0.39 is 5.92 Å². The first-order valence-electron chi connectivity index (χ1n) is 8.94. The van der Waals surface area contributed by atoms with E-state index in [4.69, 9.17) is 16.3 Å². The van der Waals surface area contributed by atoms with Crippen molar-refractivity contribution in [3.05, 3.63) is 65.4 Å². The first kappa shape index (κ1) is 18.3. The van der Waals surface area contributed by atoms with Gasteiger partial charge in [0.15, 0.2) is 0 Å². The molecule has 0 radical (unpaired) electrons. The van der Waals surface area contributed by atoms with Crippen LogP contribution in [0.2, 0.25) is 5.02 Å². The quantitative estimate of drug-likeness (QED) is 0.703. The van der Waals surface area contributed by atoms with Gasteiger partial charge in [0.1, 0.15) is 12.1 Å². The highest BCUT2D eigenvalue weighted by molar-refractivity contribution is 6.30. The number of hydrogen-bond donors (Lipinski definition) is 2. The van der Waals surface area contributed by atoms with Crippen molar-refractivity contribution in [1.29, 1.82) is 0 Å². The molecule has 4 rings (SSSR count). The van der Waals surface area contributed by atoms with Crippen LogP contribution in [0.25, 0.3) is 0 Å². The second-order valence-electron chi connectivity index (χ2n) is 6.67. The zero-order valence-electron chi connectivity index (χ0n) is 15.5. The molecule has 0 bridgehead atoms. The highest BCUT2D eigenvalue weighted by atomic mass is 35.5. The van der Waals surface area contributed by atoms with Crippen molar-refractivity contribution in [2.75, 3.05) is 17.7 Å². The number of carbonyl (C=O) groups excluding carboxylic acids is 1. The molecule has 0 saturated carbocycles. The summed E-state index contributed by atoms with van der Waals surface area (Å²) in [5.74, 6) is 0.756. The third kappa shape index (κ3) is 3.29. The Morgan fingerprint density at radius 3 is 2.71 bits per heavy atom. The largest absolute Gasteiger partial charge is 0.496 e. The lowest BCUT2D eigenvalue weighted by Crippen LogP contribution is -2.46. The van der Waals surface area contributed by atoms with Crippen LogP contribution in [-0.4, -0.2) is 33.8 Å². The predicted octanol–water partition coefficient (Wildman–Crippen LogP) is 3.60. The molecule has 1 amide bonds. The van der Waals surface area contributed by atoms with Crippen molar-refractivity contribution in [3.8, 4) is 5.75 Å². The van der Waals surface area contributed by atoms with Gasteiger partial charge in [-0.25, -0.2) is 4.68 Å². The summed E-state index contributed by atoms with van der Waals surface area (Å²) in [4.78, 5) is 17.6. The van der Waals surface area contributed by atoms with Gasteiger partial charge in [0.05, 0.1) is 19.1 Å². The number of hydrogen-bond acceptors (Lipinski definition) is 5. The average Bonchev–Trinajstić information content (AvgIpc) is 3.16. The SMILES string of the molecule is COc1ccccc1[C@H]1[C@H](C(=O)Nc2ccc(Cl)cc2)[C@@H](C)Nc2ncnn21. The van der Waals surface area contributed by atoms with Crippen LogP contribution in [0.5, 0.6) is 5.75 Å². The third-order valence-corrected chi connectivity index (χ3v) is 5.20. The van der Waals surface area contributed by atoms with Gasteiger partial charge in [0.2, 0.25) is 11.9 Å². The number of para-hydroxylation sites is 1. The van der Waals surface area contributed by atoms with E-state index in [1.54, 1.807) is 36.1 Å². The van der Waals surface area contributed by atoms with Crippen molar-refractivity contribution in [2.45, 2.75) is 19.0 Å². The summed E-state index contributed by atoms with van der Waals surface area (Å²) in [6.07, 6.45) is 1.48. The lowest BCUT2D eigenvalue weighted by atomic mass is 9.85. The number of carbonyl (C=O) groups is 1. The fourth-order valence-corrected chi connectivity index (χ4v) is 3.77. The summed E-state index contributed by atoms with van der Waals surface area (Å²) in [6, 6.07) is 14.2. The number of fused-ring (bicyclic) bond motifs is 1. The van der Waals surface area contributed by atoms with Gasteiger partial charge >= 0.3 is 0 Å². The van der Waals surface area contributed by atoms with Crippen LogP contribution < -0.4 is 15.4 Å². The summed E-state index contributed by atoms with van der Waals surface area (Å²) < 4.78 is 7.30. The zero-order valence-corrected chi connectivity index (χ0v) is 16.2. The molecule has 0 fully saturated rings. The summed E-state index contributed by atoms with van der Waals surface area (Å²) in [7, 11) is 1.62. The van der Waals surface area contributed by atoms with Crippen molar-refractivity contribution in [1.82, 2.24) is 14.8 Å². The van der Waals surface area contributed by atoms with Crippen LogP contribution in [0.3, 0.4) is 0 Å². The molecule has 1 aliphatic heterocycles. The summed E-state index contributed by atoms with van der Waals surface area (Å²) in [5.41, 5.74) is 1.56. The van der Waals surface area contributed by atoms with Crippen molar-refractivity contribution in [3.63, 3.8) is 0 Å². The Morgan fingerprint density at radius 1 is 1.21 bits per heavy atom. The maximum Gasteiger partial charge on any atom is 0.232 e. The molecule has 1 aromatic heterocycles. The number of aromatic nitrogens is 3. The van der Waals surface area contributed by atoms with E-state index in [0.29, 0.717) is 22.4 Å². The van der Waals surface area contributed by atoms with Crippen LogP contribution >= 0.6 is 11.6 Å². The van der Waals surface area contributed by atoms with E-state index in [0.717, 1.165) is 5.56 Å². The Kier molecular flexibility index (Phi) is 4.92. The number of ether oxygens (including phenoxy) is 1. The Labute approximate surface area is 167 Å². The first-order chi connectivity index (χ1) is 13.6. The molecule has 0 unspecified atom stereocenters. The van der Waals surface area contributed by atoms with Gasteiger partial charge in [-0.3, -0.25) is 4.79 Å². The van der Waals surface area contributed by atoms with Gasteiger partial charge in [0, 0.05) is 22.3 Å². The Bertz CT molecular complexity index is 988. The van der Waals surface area contributed by atoms with E-state index in [1.807, 2.05) is 31.2 Å². The van der Waals surface area contributed by atoms with E-state index >= 15 is 0 Å². The minimum absolute atomic E-state index is 0.126. The maximum absolute atomic E-state index is 13.3. The average molecular weight is 398 g/mol. The molecule has 0 spiro atoms. The molecular formula is C20H20ClN5O2. The van der Waals surface area contributed by atoms with E-state index in [2.05, 4.69) is 20.7 Å². The number of amides is 1. The number of anilines is 2. The van der Waals surface area contributed by atoms with Gasteiger partial charge in [-0.1, -0.05) is 29.8 Å². The van der Waals surface area contributed by atoms with Gasteiger partial charge in [0.25, 0.3) is 0 Å². The molecule has 3 atom stereocenters. The first-order valence-corrected chi connectivity index (χ1v) is 9.31. The summed E-state index contributed by atoms with van der Waals surface area (Å²) >= 11 is 5.95. The minimum Gasteiger partial charge on any atom is -0.496 e. The minimum atomic E-state index is -0.443. The van der Waals surface area contributed by atoms with Gasteiger partial charge in [-0.2, -0.15) is 10.1 Å². The number of methoxy groups -OCH3 is 1. The third-order valence-electron chi connectivity index (χ3n) is 4.94. The van der Waals surface area contributed by atoms with Gasteiger partial charge in [-0.05, 0) is 37.3 Å². The Hall–Kier alpha value is -3.06. The second-order valence-corrected chi connectivity index (χ2v) is 7.11. The molecule has 144 valence electrons. The standard InChI is InChI=1S/C20H20ClN5O2/c1-12-17(19(27)25-14-9-7-13(21)8-10-14)18(26-20(24-12)22-11-23-26)15-5-3-4-6-16(15)28-2/h3-12,17-18H,1-2H3,(H,25,27)(H,22,23,24)/t12-,17-,18+/m1/s1. The highest BCUT2D eigenvalue weighted by Gasteiger charge is 2.42. The van der Waals surface area contributed by atoms with E-state index in [1.165, 1.54) is 6.33 Å². The van der Waals surface area contributed by atoms with Crippen LogP contribution in [0.15, 0.2) is 54.9 Å². The van der Waals surface area contributed by atoms with Crippen LogP contribution in [0, 0.1) is 5.92 Å². The molecule has 28 heavy (non-hydrogen) atoms. The number of halogens is 1. The van der Waals surface area contributed by atoms with E-state index in [9.17, 15) is 4.79 Å². The smallest absolute Gasteiger partial charge is 0.232 e. The molecule has 2 N–H and O–H groups in total. The second kappa shape index (κ2) is 7.52. The van der Waals surface area contributed by atoms with Crippen molar-refractivity contribution >= 4 is 29.1 Å². The topological polar surface area (TPSA) is 81.1 Å². The normalized spacial score (nSPS) is 20.8. The Morgan fingerprint density at radius 2 is 1.96 bits per heavy atom. The molecule has 2 heterocycles. The zero-order chi connectivity index (χ0) is 19.7. The van der Waals surface area contributed by atoms with Crippen molar-refractivity contribution in [2.24, 2.45) is 5.92 Å². The van der Waals surface area contributed by atoms with Crippen LogP contribution in [-0.2, 0) is 4.79 Å². The van der Waals surface area contributed by atoms with Gasteiger partial charge in [-0.15, -0.1) is 0 Å². The predicted molar refractivity (Wildman–Crippen MR) is 108 cm³/mol. The molecule has 7 nitrogen and oxygen atoms in total. The van der Waals surface area contributed by atoms with Crippen molar-refractivity contribution < 1.29 is 9.53 Å². The summed E-state index contributed by atoms with van der Waals surface area (Å²) in [6.45, 7) is 1.96. The molecule has 3 aromatic rings. The number of nitrogens with zero attached hydrogens (tertiary/aromatic N) is 3. The maximum atomic E-state index is 13.3. The fraction of sp³-hybridized carbons (Fsp3) is 0.250.